The van der Waals surface area contributed by atoms with Crippen LogP contribution in [-0.2, 0) is 0 Å². The quantitative estimate of drug-likeness (QED) is 0.123. The summed E-state index contributed by atoms with van der Waals surface area (Å²) in [5, 5.41) is 6.69. The molecule has 3 aromatic heterocycles. The Morgan fingerprint density at radius 3 is 1.80 bits per heavy atom. The summed E-state index contributed by atoms with van der Waals surface area (Å²) in [4.78, 5) is 20.7. The Balaban J connectivity index is 1.04. The predicted molar refractivity (Wildman–Crippen MR) is 247 cm³/mol. The van der Waals surface area contributed by atoms with Gasteiger partial charge < -0.3 is 0 Å². The maximum atomic E-state index is 6.72. The van der Waals surface area contributed by atoms with Gasteiger partial charge in [-0.05, 0) is 29.3 Å². The minimum atomic E-state index is 0.126. The van der Waals surface area contributed by atoms with Crippen LogP contribution >= 0.6 is 0 Å². The molecule has 0 N–H and O–H groups in total. The maximum absolute atomic E-state index is 6.72. The fraction of sp³-hybridized carbons (Fsp3) is 0. The zero-order chi connectivity index (χ0) is 39.6. The first-order valence-electron chi connectivity index (χ1n) is 20.0. The van der Waals surface area contributed by atoms with Crippen molar-refractivity contribution in [2.45, 2.75) is 0 Å². The number of oxazole rings is 1. The molecular weight excluding hydrogens is 800 g/mol. The zero-order valence-electron chi connectivity index (χ0n) is 32.1. The average Bonchev–Trinajstić information content (AvgIpc) is 3.95. The second-order valence-electron chi connectivity index (χ2n) is 15.0. The van der Waals surface area contributed by atoms with Crippen LogP contribution < -0.4 is 0 Å². The van der Waals surface area contributed by atoms with Crippen molar-refractivity contribution in [1.82, 2.24) is 19.9 Å². The van der Waals surface area contributed by atoms with Gasteiger partial charge in [0.2, 0.25) is 5.89 Å². The van der Waals surface area contributed by atoms with E-state index < -0.39 is 0 Å². The van der Waals surface area contributed by atoms with Crippen LogP contribution in [0.1, 0.15) is 0 Å². The molecule has 0 radical (unpaired) electrons. The molecule has 60 heavy (non-hydrogen) atoms. The summed E-state index contributed by atoms with van der Waals surface area (Å²) < 4.78 is 9.45. The summed E-state index contributed by atoms with van der Waals surface area (Å²) in [6.45, 7) is 0. The molecule has 0 spiro atoms. The van der Waals surface area contributed by atoms with Crippen LogP contribution in [0.3, 0.4) is 0 Å². The molecule has 0 unspecified atom stereocenters. The van der Waals surface area contributed by atoms with Gasteiger partial charge in [-0.1, -0.05) is 42.5 Å². The standard InChI is InChI=1S/C54H32N4OSe/c1-4-13-33(14-5-1)38-19-10-20-40(31-38)54-55-45-30-29-36-27-25-35-26-28-39(32-44(35)47(36)49(45)59-54)52-56-51(37-17-8-3-9-18-37)57-53(58-52)43-23-12-24-46-48(43)42-22-11-21-41(50(42)60-46)34-15-6-2-7-16-34/h1-32H. The van der Waals surface area contributed by atoms with Crippen molar-refractivity contribution in [3.8, 4) is 67.9 Å². The summed E-state index contributed by atoms with van der Waals surface area (Å²) >= 11 is 0.126. The van der Waals surface area contributed by atoms with Gasteiger partial charge in [-0.15, -0.1) is 0 Å². The van der Waals surface area contributed by atoms with Gasteiger partial charge in [0.15, 0.2) is 0 Å². The topological polar surface area (TPSA) is 64.7 Å². The molecule has 0 aliphatic rings. The molecule has 0 atom stereocenters. The van der Waals surface area contributed by atoms with E-state index in [1.54, 1.807) is 0 Å². The Labute approximate surface area is 351 Å². The molecular formula is C54H32N4OSe. The van der Waals surface area contributed by atoms with E-state index in [1.807, 2.05) is 30.3 Å². The summed E-state index contributed by atoms with van der Waals surface area (Å²) in [5.41, 5.74) is 10.1. The predicted octanol–water partition coefficient (Wildman–Crippen LogP) is 13.7. The summed E-state index contributed by atoms with van der Waals surface area (Å²) in [5.74, 6) is 2.49. The zero-order valence-corrected chi connectivity index (χ0v) is 33.8. The Hall–Kier alpha value is -7.50. The van der Waals surface area contributed by atoms with Crippen LogP contribution in [0.15, 0.2) is 199 Å². The molecule has 12 rings (SSSR count). The Morgan fingerprint density at radius 2 is 0.983 bits per heavy atom. The van der Waals surface area contributed by atoms with Crippen molar-refractivity contribution < 1.29 is 4.42 Å². The van der Waals surface area contributed by atoms with Gasteiger partial charge in [-0.25, -0.2) is 4.98 Å². The van der Waals surface area contributed by atoms with Gasteiger partial charge >= 0.3 is 265 Å². The number of benzene rings is 9. The first-order chi connectivity index (χ1) is 29.7. The van der Waals surface area contributed by atoms with E-state index in [0.29, 0.717) is 23.4 Å². The molecule has 0 aliphatic carbocycles. The summed E-state index contributed by atoms with van der Waals surface area (Å²) in [6, 6.07) is 67.9. The molecule has 12 aromatic rings. The number of fused-ring (bicyclic) bond motifs is 8. The van der Waals surface area contributed by atoms with Gasteiger partial charge in [0.25, 0.3) is 0 Å². The Bertz CT molecular complexity index is 3600. The van der Waals surface area contributed by atoms with Crippen LogP contribution in [0.2, 0.25) is 0 Å². The van der Waals surface area contributed by atoms with Crippen molar-refractivity contribution in [1.29, 1.82) is 0 Å². The smallest absolute Gasteiger partial charge is 0.0617 e. The third kappa shape index (κ3) is 5.84. The molecule has 3 heterocycles. The number of hydrogen-bond donors (Lipinski definition) is 0. The first-order valence-corrected chi connectivity index (χ1v) is 21.7. The minimum Gasteiger partial charge on any atom is -0.0617 e. The van der Waals surface area contributed by atoms with Crippen LogP contribution in [0.25, 0.3) is 120 Å². The van der Waals surface area contributed by atoms with Crippen molar-refractivity contribution >= 4 is 66.4 Å². The third-order valence-electron chi connectivity index (χ3n) is 11.3. The monoisotopic (exact) mass is 832 g/mol. The fourth-order valence-electron chi connectivity index (χ4n) is 8.47. The number of aromatic nitrogens is 4. The molecule has 9 aromatic carbocycles. The summed E-state index contributed by atoms with van der Waals surface area (Å²) in [6.07, 6.45) is 0. The van der Waals surface area contributed by atoms with Gasteiger partial charge in [0, 0.05) is 5.56 Å². The van der Waals surface area contributed by atoms with Crippen molar-refractivity contribution in [3.05, 3.63) is 194 Å². The number of rotatable bonds is 6. The van der Waals surface area contributed by atoms with E-state index in [2.05, 4.69) is 164 Å². The molecule has 0 saturated carbocycles. The molecule has 280 valence electrons. The van der Waals surface area contributed by atoms with Gasteiger partial charge in [0.05, 0.1) is 0 Å². The van der Waals surface area contributed by atoms with Gasteiger partial charge in [-0.2, -0.15) is 0 Å². The van der Waals surface area contributed by atoms with Crippen molar-refractivity contribution in [3.63, 3.8) is 0 Å². The second-order valence-corrected chi connectivity index (χ2v) is 17.2. The molecule has 0 aliphatic heterocycles. The molecule has 0 fully saturated rings. The molecule has 0 saturated heterocycles. The van der Waals surface area contributed by atoms with Crippen LogP contribution in [0.5, 0.6) is 0 Å². The fourth-order valence-corrected chi connectivity index (χ4v) is 11.1. The Morgan fingerprint density at radius 1 is 0.367 bits per heavy atom. The number of nitrogens with zero attached hydrogens (tertiary/aromatic N) is 4. The van der Waals surface area contributed by atoms with E-state index in [9.17, 15) is 0 Å². The van der Waals surface area contributed by atoms with Crippen LogP contribution in [0.4, 0.5) is 0 Å². The van der Waals surface area contributed by atoms with Gasteiger partial charge in [-0.3, -0.25) is 0 Å². The Kier molecular flexibility index (Phi) is 8.12. The normalized spacial score (nSPS) is 11.7. The minimum absolute atomic E-state index is 0.126. The number of hydrogen-bond acceptors (Lipinski definition) is 5. The molecule has 5 nitrogen and oxygen atoms in total. The van der Waals surface area contributed by atoms with E-state index in [4.69, 9.17) is 24.4 Å². The first kappa shape index (κ1) is 34.5. The van der Waals surface area contributed by atoms with Crippen molar-refractivity contribution in [2.75, 3.05) is 0 Å². The van der Waals surface area contributed by atoms with Crippen LogP contribution in [-0.4, -0.2) is 34.4 Å². The van der Waals surface area contributed by atoms with E-state index >= 15 is 0 Å². The average molecular weight is 832 g/mol. The summed E-state index contributed by atoms with van der Waals surface area (Å²) in [7, 11) is 0. The molecule has 0 amide bonds. The van der Waals surface area contributed by atoms with Gasteiger partial charge in [0.1, 0.15) is 0 Å². The van der Waals surface area contributed by atoms with Crippen LogP contribution in [0, 0.1) is 0 Å². The van der Waals surface area contributed by atoms with Crippen molar-refractivity contribution in [2.24, 2.45) is 0 Å². The molecule has 6 heteroatoms. The molecule has 0 bridgehead atoms. The SMILES string of the molecule is c1ccc(-c2cccc(-c3nc4ccc5ccc6ccc(-c7nc(-c8ccccc8)nc(-c8cccc9[se]c%10c(-c%11ccccc%11)cccc%10c89)n7)cc6c5c4o3)c2)cc1. The second kappa shape index (κ2) is 14.1. The van der Waals surface area contributed by atoms with E-state index in [-0.39, 0.29) is 14.5 Å². The van der Waals surface area contributed by atoms with E-state index in [1.165, 1.54) is 30.4 Å². The third-order valence-corrected chi connectivity index (χ3v) is 13.9. The van der Waals surface area contributed by atoms with E-state index in [0.717, 1.165) is 66.0 Å².